The smallest absolute Gasteiger partial charge is 0.259 e. The average Bonchev–Trinajstić information content (AvgIpc) is 2.85. The van der Waals surface area contributed by atoms with E-state index in [1.807, 2.05) is 0 Å². The Morgan fingerprint density at radius 3 is 2.17 bits per heavy atom. The fraction of sp³-hybridized carbons (Fsp3) is 0. The van der Waals surface area contributed by atoms with Crippen molar-refractivity contribution in [2.24, 2.45) is 10.9 Å². The number of nitrogens with one attached hydrogen (secondary N) is 2. The van der Waals surface area contributed by atoms with E-state index < -0.39 is 15.9 Å². The summed E-state index contributed by atoms with van der Waals surface area (Å²) < 4.78 is 29.8. The predicted molar refractivity (Wildman–Crippen MR) is 140 cm³/mol. The van der Waals surface area contributed by atoms with Crippen molar-refractivity contribution < 1.29 is 17.9 Å². The molecule has 36 heavy (non-hydrogen) atoms. The molecule has 0 heterocycles. The molecule has 0 fully saturated rings. The Bertz CT molecular complexity index is 1570. The van der Waals surface area contributed by atoms with Crippen LogP contribution in [0.15, 0.2) is 95.9 Å². The highest BCUT2D eigenvalue weighted by atomic mass is 32.2. The van der Waals surface area contributed by atoms with Gasteiger partial charge < -0.3 is 21.5 Å². The molecule has 4 rings (SSSR count). The number of sulfonamides is 1. The van der Waals surface area contributed by atoms with E-state index >= 15 is 0 Å². The van der Waals surface area contributed by atoms with Crippen LogP contribution >= 0.6 is 0 Å². The summed E-state index contributed by atoms with van der Waals surface area (Å²) in [6, 6.07) is 24.4. The number of nitrogens with two attached hydrogens (primary N) is 3. The number of benzene rings is 4. The molecule has 0 bridgehead atoms. The van der Waals surface area contributed by atoms with E-state index in [0.29, 0.717) is 33.8 Å². The normalized spacial score (nSPS) is 11.0. The van der Waals surface area contributed by atoms with Gasteiger partial charge in [0.2, 0.25) is 10.0 Å². The maximum Gasteiger partial charge on any atom is 0.259 e. The zero-order valence-corrected chi connectivity index (χ0v) is 19.8. The second-order valence-electron chi connectivity index (χ2n) is 7.84. The Morgan fingerprint density at radius 2 is 1.47 bits per heavy atom. The summed E-state index contributed by atoms with van der Waals surface area (Å²) in [6.07, 6.45) is 0. The molecule has 4 aromatic rings. The number of para-hydroxylation sites is 1. The number of anilines is 2. The van der Waals surface area contributed by atoms with Gasteiger partial charge in [-0.05, 0) is 54.1 Å². The fourth-order valence-corrected chi connectivity index (χ4v) is 4.36. The van der Waals surface area contributed by atoms with Gasteiger partial charge in [0.05, 0.1) is 16.0 Å². The van der Waals surface area contributed by atoms with Crippen LogP contribution in [0.4, 0.5) is 11.4 Å². The van der Waals surface area contributed by atoms with Crippen LogP contribution in [0.5, 0.6) is 11.5 Å². The maximum absolute atomic E-state index is 13.1. The first-order chi connectivity index (χ1) is 17.1. The molecule has 0 aromatic heterocycles. The molecule has 182 valence electrons. The summed E-state index contributed by atoms with van der Waals surface area (Å²) in [6.45, 7) is 0. The second kappa shape index (κ2) is 9.90. The van der Waals surface area contributed by atoms with Crippen LogP contribution in [0.2, 0.25) is 0 Å². The molecule has 8 N–H and O–H groups in total. The standard InChI is InChI=1S/C26H23N5O4S/c27-17-11-14-23(35-22-7-3-1-6-20(22)25(28)29)21(15-17)26(32)31-18-12-9-16(10-13-18)19-5-2-4-8-24(19)36(30,33)34/h1-15H,27H2,(H3,28,29)(H,31,32)(H2,30,33,34). The molecule has 0 atom stereocenters. The van der Waals surface area contributed by atoms with Gasteiger partial charge >= 0.3 is 0 Å². The van der Waals surface area contributed by atoms with Gasteiger partial charge in [0.25, 0.3) is 5.91 Å². The van der Waals surface area contributed by atoms with Crippen molar-refractivity contribution in [3.8, 4) is 22.6 Å². The molecular formula is C26H23N5O4S. The molecule has 4 aromatic carbocycles. The van der Waals surface area contributed by atoms with Gasteiger partial charge in [-0.2, -0.15) is 0 Å². The number of hydrogen-bond donors (Lipinski definition) is 5. The summed E-state index contributed by atoms with van der Waals surface area (Å²) in [5.41, 5.74) is 14.0. The highest BCUT2D eigenvalue weighted by Gasteiger charge is 2.17. The highest BCUT2D eigenvalue weighted by molar-refractivity contribution is 7.89. The lowest BCUT2D eigenvalue weighted by Gasteiger charge is -2.15. The molecular weight excluding hydrogens is 478 g/mol. The monoisotopic (exact) mass is 501 g/mol. The lowest BCUT2D eigenvalue weighted by Crippen LogP contribution is -2.15. The van der Waals surface area contributed by atoms with E-state index in [1.165, 1.54) is 12.1 Å². The first-order valence-corrected chi connectivity index (χ1v) is 12.2. The van der Waals surface area contributed by atoms with Gasteiger partial charge in [0.15, 0.2) is 0 Å². The summed E-state index contributed by atoms with van der Waals surface area (Å²) >= 11 is 0. The summed E-state index contributed by atoms with van der Waals surface area (Å²) in [5, 5.41) is 15.9. The summed E-state index contributed by atoms with van der Waals surface area (Å²) in [5.74, 6) is -0.0952. The van der Waals surface area contributed by atoms with Crippen molar-refractivity contribution in [2.75, 3.05) is 11.1 Å². The zero-order chi connectivity index (χ0) is 25.9. The SMILES string of the molecule is N=C(N)c1ccccc1Oc1ccc(N)cc1C(=O)Nc1ccc(-c2ccccc2S(N)(=O)=O)cc1. The fourth-order valence-electron chi connectivity index (χ4n) is 3.60. The molecule has 0 radical (unpaired) electrons. The number of nitrogen functional groups attached to an aromatic ring is 2. The predicted octanol–water partition coefficient (Wildman–Crippen LogP) is 3.91. The van der Waals surface area contributed by atoms with Crippen LogP contribution < -0.4 is 26.7 Å². The number of carbonyl (C=O) groups is 1. The number of amides is 1. The van der Waals surface area contributed by atoms with Gasteiger partial charge in [0.1, 0.15) is 17.3 Å². The number of ether oxygens (including phenoxy) is 1. The minimum atomic E-state index is -3.91. The first kappa shape index (κ1) is 24.5. The van der Waals surface area contributed by atoms with Crippen LogP contribution in [0.3, 0.4) is 0 Å². The Kier molecular flexibility index (Phi) is 6.73. The van der Waals surface area contributed by atoms with E-state index in [0.717, 1.165) is 0 Å². The van der Waals surface area contributed by atoms with Gasteiger partial charge in [-0.1, -0.05) is 42.5 Å². The van der Waals surface area contributed by atoms with Gasteiger partial charge in [-0.3, -0.25) is 10.2 Å². The van der Waals surface area contributed by atoms with E-state index in [-0.39, 0.29) is 22.0 Å². The molecule has 10 heteroatoms. The van der Waals surface area contributed by atoms with E-state index in [4.69, 9.17) is 26.8 Å². The summed E-state index contributed by atoms with van der Waals surface area (Å²) in [4.78, 5) is 13.1. The molecule has 0 aliphatic rings. The zero-order valence-electron chi connectivity index (χ0n) is 18.9. The third kappa shape index (κ3) is 5.35. The second-order valence-corrected chi connectivity index (χ2v) is 9.37. The Labute approximate surface area is 208 Å². The van der Waals surface area contributed by atoms with Gasteiger partial charge in [0, 0.05) is 16.9 Å². The van der Waals surface area contributed by atoms with Gasteiger partial charge in [-0.25, -0.2) is 13.6 Å². The Hall–Kier alpha value is -4.67. The van der Waals surface area contributed by atoms with Crippen LogP contribution in [-0.2, 0) is 10.0 Å². The molecule has 0 aliphatic carbocycles. The number of rotatable bonds is 7. The van der Waals surface area contributed by atoms with Crippen molar-refractivity contribution in [1.82, 2.24) is 0 Å². The Balaban J connectivity index is 1.60. The van der Waals surface area contributed by atoms with Crippen LogP contribution in [0.25, 0.3) is 11.1 Å². The third-order valence-electron chi connectivity index (χ3n) is 5.29. The third-order valence-corrected chi connectivity index (χ3v) is 6.26. The number of hydrogen-bond acceptors (Lipinski definition) is 6. The summed E-state index contributed by atoms with van der Waals surface area (Å²) in [7, 11) is -3.91. The van der Waals surface area contributed by atoms with Crippen molar-refractivity contribution in [3.63, 3.8) is 0 Å². The molecule has 0 unspecified atom stereocenters. The number of amidine groups is 1. The topological polar surface area (TPSA) is 174 Å². The molecule has 0 saturated heterocycles. The quantitative estimate of drug-likeness (QED) is 0.146. The van der Waals surface area contributed by atoms with Crippen molar-refractivity contribution in [1.29, 1.82) is 5.41 Å². The van der Waals surface area contributed by atoms with Crippen molar-refractivity contribution >= 4 is 33.1 Å². The minimum absolute atomic E-state index is 0.00850. The van der Waals surface area contributed by atoms with E-state index in [1.54, 1.807) is 78.9 Å². The molecule has 0 saturated carbocycles. The molecule has 1 amide bonds. The molecule has 0 aliphatic heterocycles. The van der Waals surface area contributed by atoms with Crippen LogP contribution in [-0.4, -0.2) is 20.2 Å². The van der Waals surface area contributed by atoms with Crippen LogP contribution in [0, 0.1) is 5.41 Å². The van der Waals surface area contributed by atoms with E-state index in [2.05, 4.69) is 5.32 Å². The van der Waals surface area contributed by atoms with Crippen LogP contribution in [0.1, 0.15) is 15.9 Å². The average molecular weight is 502 g/mol. The molecule has 0 spiro atoms. The number of carbonyl (C=O) groups excluding carboxylic acids is 1. The first-order valence-electron chi connectivity index (χ1n) is 10.7. The van der Waals surface area contributed by atoms with Crippen molar-refractivity contribution in [2.45, 2.75) is 4.90 Å². The van der Waals surface area contributed by atoms with Gasteiger partial charge in [-0.15, -0.1) is 0 Å². The highest BCUT2D eigenvalue weighted by Crippen LogP contribution is 2.31. The Morgan fingerprint density at radius 1 is 0.833 bits per heavy atom. The largest absolute Gasteiger partial charge is 0.456 e. The number of primary sulfonamides is 1. The minimum Gasteiger partial charge on any atom is -0.456 e. The molecule has 9 nitrogen and oxygen atoms in total. The lowest BCUT2D eigenvalue weighted by molar-refractivity contribution is 0.102. The van der Waals surface area contributed by atoms with E-state index in [9.17, 15) is 13.2 Å². The maximum atomic E-state index is 13.1. The van der Waals surface area contributed by atoms with Crippen molar-refractivity contribution in [3.05, 3.63) is 102 Å². The lowest BCUT2D eigenvalue weighted by atomic mass is 10.1.